The van der Waals surface area contributed by atoms with Gasteiger partial charge in [0.25, 0.3) is 5.91 Å². The number of amides is 1. The highest BCUT2D eigenvalue weighted by Gasteiger charge is 2.34. The molecule has 0 saturated carbocycles. The van der Waals surface area contributed by atoms with Crippen molar-refractivity contribution in [2.75, 3.05) is 18.1 Å². The zero-order chi connectivity index (χ0) is 13.2. The highest BCUT2D eigenvalue weighted by atomic mass is 16.5. The van der Waals surface area contributed by atoms with E-state index in [2.05, 4.69) is 6.92 Å². The summed E-state index contributed by atoms with van der Waals surface area (Å²) in [5, 5.41) is 0. The van der Waals surface area contributed by atoms with Crippen molar-refractivity contribution in [2.45, 2.75) is 38.4 Å². The lowest BCUT2D eigenvalue weighted by Crippen LogP contribution is -2.47. The smallest absolute Gasteiger partial charge is 0.256 e. The molecular weight excluding hydrogens is 242 g/mol. The van der Waals surface area contributed by atoms with Crippen LogP contribution in [0.5, 0.6) is 5.75 Å². The van der Waals surface area contributed by atoms with Crippen LogP contribution in [0.1, 0.15) is 26.2 Å². The Kier molecular flexibility index (Phi) is 3.42. The largest absolute Gasteiger partial charge is 0.486 e. The third-order valence-corrected chi connectivity index (χ3v) is 3.76. The second kappa shape index (κ2) is 5.21. The quantitative estimate of drug-likeness (QED) is 0.820. The van der Waals surface area contributed by atoms with Crippen molar-refractivity contribution in [3.05, 3.63) is 24.3 Å². The number of ether oxygens (including phenoxy) is 2. The minimum atomic E-state index is -0.274. The summed E-state index contributed by atoms with van der Waals surface area (Å²) in [7, 11) is 0. The number of carbonyl (C=O) groups is 1. The van der Waals surface area contributed by atoms with E-state index in [0.29, 0.717) is 13.2 Å². The number of para-hydroxylation sites is 2. The average molecular weight is 261 g/mol. The standard InChI is InChI=1S/C15H19NO3/c1-2-11-10-16(15(17)14-8-5-9-18-14)12-6-3-4-7-13(12)19-11/h3-4,6-7,11,14H,2,5,8-10H2,1H3. The highest BCUT2D eigenvalue weighted by molar-refractivity contribution is 5.98. The molecule has 0 N–H and O–H groups in total. The van der Waals surface area contributed by atoms with Gasteiger partial charge < -0.3 is 14.4 Å². The van der Waals surface area contributed by atoms with Gasteiger partial charge >= 0.3 is 0 Å². The fraction of sp³-hybridized carbons (Fsp3) is 0.533. The molecule has 4 nitrogen and oxygen atoms in total. The van der Waals surface area contributed by atoms with Crippen molar-refractivity contribution in [1.82, 2.24) is 0 Å². The monoisotopic (exact) mass is 261 g/mol. The Hall–Kier alpha value is -1.55. The molecule has 2 atom stereocenters. The van der Waals surface area contributed by atoms with E-state index in [1.54, 1.807) is 0 Å². The Balaban J connectivity index is 1.89. The van der Waals surface area contributed by atoms with Crippen LogP contribution < -0.4 is 9.64 Å². The first-order valence-corrected chi connectivity index (χ1v) is 6.98. The molecule has 1 aromatic rings. The van der Waals surface area contributed by atoms with Gasteiger partial charge in [-0.05, 0) is 31.4 Å². The predicted octanol–water partition coefficient (Wildman–Crippen LogP) is 2.37. The third-order valence-electron chi connectivity index (χ3n) is 3.76. The maximum absolute atomic E-state index is 12.6. The summed E-state index contributed by atoms with van der Waals surface area (Å²) in [6.45, 7) is 3.39. The molecule has 0 radical (unpaired) electrons. The summed E-state index contributed by atoms with van der Waals surface area (Å²) in [6, 6.07) is 7.73. The van der Waals surface area contributed by atoms with Crippen LogP contribution in [-0.2, 0) is 9.53 Å². The Morgan fingerprint density at radius 2 is 2.26 bits per heavy atom. The van der Waals surface area contributed by atoms with Crippen molar-refractivity contribution >= 4 is 11.6 Å². The fourth-order valence-electron chi connectivity index (χ4n) is 2.67. The molecule has 2 unspecified atom stereocenters. The molecule has 1 amide bonds. The van der Waals surface area contributed by atoms with E-state index in [0.717, 1.165) is 30.7 Å². The zero-order valence-electron chi connectivity index (χ0n) is 11.2. The summed E-state index contributed by atoms with van der Waals surface area (Å²) in [5.74, 6) is 0.874. The Labute approximate surface area is 113 Å². The van der Waals surface area contributed by atoms with Crippen molar-refractivity contribution in [2.24, 2.45) is 0 Å². The van der Waals surface area contributed by atoms with E-state index in [4.69, 9.17) is 9.47 Å². The lowest BCUT2D eigenvalue weighted by Gasteiger charge is -2.35. The number of fused-ring (bicyclic) bond motifs is 1. The lowest BCUT2D eigenvalue weighted by molar-refractivity contribution is -0.127. The molecule has 102 valence electrons. The second-order valence-electron chi connectivity index (χ2n) is 5.07. The van der Waals surface area contributed by atoms with Gasteiger partial charge in [0.1, 0.15) is 18.0 Å². The number of rotatable bonds is 2. The minimum Gasteiger partial charge on any atom is -0.486 e. The van der Waals surface area contributed by atoms with E-state index in [-0.39, 0.29) is 18.1 Å². The fourth-order valence-corrected chi connectivity index (χ4v) is 2.67. The first-order chi connectivity index (χ1) is 9.29. The van der Waals surface area contributed by atoms with Crippen LogP contribution in [0.2, 0.25) is 0 Å². The second-order valence-corrected chi connectivity index (χ2v) is 5.07. The van der Waals surface area contributed by atoms with Crippen LogP contribution in [0, 0.1) is 0 Å². The van der Waals surface area contributed by atoms with Crippen molar-refractivity contribution < 1.29 is 14.3 Å². The number of hydrogen-bond acceptors (Lipinski definition) is 3. The van der Waals surface area contributed by atoms with E-state index in [1.165, 1.54) is 0 Å². The van der Waals surface area contributed by atoms with E-state index in [1.807, 2.05) is 29.2 Å². The van der Waals surface area contributed by atoms with Gasteiger partial charge in [0.05, 0.1) is 12.2 Å². The van der Waals surface area contributed by atoms with Gasteiger partial charge in [-0.1, -0.05) is 19.1 Å². The minimum absolute atomic E-state index is 0.0697. The van der Waals surface area contributed by atoms with Gasteiger partial charge in [0.15, 0.2) is 0 Å². The SMILES string of the molecule is CCC1CN(C(=O)C2CCCO2)c2ccccc2O1. The number of hydrogen-bond donors (Lipinski definition) is 0. The molecule has 1 fully saturated rings. The van der Waals surface area contributed by atoms with E-state index >= 15 is 0 Å². The van der Waals surface area contributed by atoms with E-state index < -0.39 is 0 Å². The molecular formula is C15H19NO3. The molecule has 3 rings (SSSR count). The third kappa shape index (κ3) is 2.32. The van der Waals surface area contributed by atoms with Gasteiger partial charge in [-0.15, -0.1) is 0 Å². The number of nitrogens with zero attached hydrogens (tertiary/aromatic N) is 1. The van der Waals surface area contributed by atoms with Gasteiger partial charge in [-0.25, -0.2) is 0 Å². The number of carbonyl (C=O) groups excluding carboxylic acids is 1. The van der Waals surface area contributed by atoms with Gasteiger partial charge in [-0.3, -0.25) is 4.79 Å². The maximum atomic E-state index is 12.6. The Morgan fingerprint density at radius 1 is 1.42 bits per heavy atom. The van der Waals surface area contributed by atoms with Crippen LogP contribution in [0.3, 0.4) is 0 Å². The van der Waals surface area contributed by atoms with Crippen LogP contribution in [0.4, 0.5) is 5.69 Å². The number of anilines is 1. The molecule has 1 aromatic carbocycles. The topological polar surface area (TPSA) is 38.8 Å². The first kappa shape index (κ1) is 12.5. The summed E-state index contributed by atoms with van der Waals surface area (Å²) < 4.78 is 11.4. The molecule has 0 bridgehead atoms. The lowest BCUT2D eigenvalue weighted by atomic mass is 10.1. The zero-order valence-corrected chi connectivity index (χ0v) is 11.2. The molecule has 0 spiro atoms. The molecule has 19 heavy (non-hydrogen) atoms. The maximum Gasteiger partial charge on any atom is 0.256 e. The van der Waals surface area contributed by atoms with Crippen molar-refractivity contribution in [3.8, 4) is 5.75 Å². The van der Waals surface area contributed by atoms with Crippen LogP contribution in [-0.4, -0.2) is 31.3 Å². The summed E-state index contributed by atoms with van der Waals surface area (Å²) in [6.07, 6.45) is 2.49. The van der Waals surface area contributed by atoms with E-state index in [9.17, 15) is 4.79 Å². The van der Waals surface area contributed by atoms with Gasteiger partial charge in [-0.2, -0.15) is 0 Å². The molecule has 4 heteroatoms. The predicted molar refractivity (Wildman–Crippen MR) is 72.5 cm³/mol. The molecule has 0 aliphatic carbocycles. The molecule has 2 aliphatic heterocycles. The van der Waals surface area contributed by atoms with Crippen LogP contribution in [0.15, 0.2) is 24.3 Å². The van der Waals surface area contributed by atoms with Crippen molar-refractivity contribution in [1.29, 1.82) is 0 Å². The van der Waals surface area contributed by atoms with Gasteiger partial charge in [0, 0.05) is 6.61 Å². The Bertz CT molecular complexity index is 468. The average Bonchev–Trinajstić information content (AvgIpc) is 2.99. The first-order valence-electron chi connectivity index (χ1n) is 6.98. The van der Waals surface area contributed by atoms with Crippen molar-refractivity contribution in [3.63, 3.8) is 0 Å². The van der Waals surface area contributed by atoms with Crippen LogP contribution in [0.25, 0.3) is 0 Å². The van der Waals surface area contributed by atoms with Gasteiger partial charge in [0.2, 0.25) is 0 Å². The normalized spacial score (nSPS) is 25.8. The summed E-state index contributed by atoms with van der Waals surface area (Å²) in [4.78, 5) is 14.4. The molecule has 2 aliphatic rings. The summed E-state index contributed by atoms with van der Waals surface area (Å²) in [5.41, 5.74) is 0.868. The Morgan fingerprint density at radius 3 is 3.00 bits per heavy atom. The van der Waals surface area contributed by atoms with Crippen LogP contribution >= 0.6 is 0 Å². The highest BCUT2D eigenvalue weighted by Crippen LogP contribution is 2.34. The number of benzene rings is 1. The molecule has 1 saturated heterocycles. The molecule has 0 aromatic heterocycles. The molecule has 2 heterocycles. The summed E-state index contributed by atoms with van der Waals surface area (Å²) >= 11 is 0.